The lowest BCUT2D eigenvalue weighted by atomic mass is 9.93. The summed E-state index contributed by atoms with van der Waals surface area (Å²) in [6, 6.07) is 1.84. The molecule has 0 radical (unpaired) electrons. The topological polar surface area (TPSA) is 71.3 Å². The van der Waals surface area contributed by atoms with Crippen LogP contribution in [-0.2, 0) is 0 Å². The van der Waals surface area contributed by atoms with Crippen LogP contribution in [0.4, 0.5) is 0 Å². The minimum absolute atomic E-state index is 0.0575. The Bertz CT molecular complexity index is 659. The van der Waals surface area contributed by atoms with Gasteiger partial charge < -0.3 is 14.7 Å². The van der Waals surface area contributed by atoms with Crippen LogP contribution in [0.15, 0.2) is 16.8 Å². The van der Waals surface area contributed by atoms with Crippen molar-refractivity contribution in [3.05, 3.63) is 23.5 Å². The van der Waals surface area contributed by atoms with Crippen LogP contribution >= 0.6 is 0 Å². The maximum atomic E-state index is 12.6. The first kappa shape index (κ1) is 15.0. The minimum atomic E-state index is 0.0575. The molecule has 0 atom stereocenters. The number of amides is 1. The Balaban J connectivity index is 1.67. The number of piperidine rings is 1. The number of carbonyl (C=O) groups excluding carboxylic acids is 1. The molecule has 0 bridgehead atoms. The van der Waals surface area contributed by atoms with Gasteiger partial charge >= 0.3 is 0 Å². The fraction of sp³-hybridized carbons (Fsp3) is 0.562. The smallest absolute Gasteiger partial charge is 0.257 e. The Morgan fingerprint density at radius 2 is 2.23 bits per heavy atom. The molecule has 0 unspecified atom stereocenters. The lowest BCUT2D eigenvalue weighted by Gasteiger charge is -2.32. The van der Waals surface area contributed by atoms with E-state index in [4.69, 9.17) is 4.52 Å². The third-order valence-electron chi connectivity index (χ3n) is 4.46. The average Bonchev–Trinajstić information content (AvgIpc) is 2.93. The number of likely N-dealkylation sites (tertiary alicyclic amines) is 1. The maximum absolute atomic E-state index is 12.6. The maximum Gasteiger partial charge on any atom is 0.257 e. The van der Waals surface area contributed by atoms with Crippen LogP contribution in [-0.4, -0.2) is 47.6 Å². The molecule has 2 aromatic heterocycles. The summed E-state index contributed by atoms with van der Waals surface area (Å²) < 4.78 is 5.09. The Kier molecular flexibility index (Phi) is 4.38. The predicted molar refractivity (Wildman–Crippen MR) is 83.7 cm³/mol. The number of nitrogens with one attached hydrogen (secondary N) is 1. The first-order valence-electron chi connectivity index (χ1n) is 7.85. The van der Waals surface area contributed by atoms with Crippen molar-refractivity contribution in [2.45, 2.75) is 26.2 Å². The van der Waals surface area contributed by atoms with Gasteiger partial charge in [-0.15, -0.1) is 0 Å². The summed E-state index contributed by atoms with van der Waals surface area (Å²) in [5.74, 6) is 0.777. The van der Waals surface area contributed by atoms with E-state index in [0.29, 0.717) is 11.3 Å². The molecule has 1 fully saturated rings. The van der Waals surface area contributed by atoms with Crippen molar-refractivity contribution in [2.75, 3.05) is 26.7 Å². The standard InChI is InChI=1S/C16H22N4O2/c1-11-14-9-13(10-18-15(14)22-19-11)16(21)20-7-4-12(5-8-20)3-6-17-2/h9-10,12,17H,3-8H2,1-2H3. The summed E-state index contributed by atoms with van der Waals surface area (Å²) in [6.45, 7) is 4.56. The highest BCUT2D eigenvalue weighted by Crippen LogP contribution is 2.23. The fourth-order valence-electron chi connectivity index (χ4n) is 3.02. The number of fused-ring (bicyclic) bond motifs is 1. The quantitative estimate of drug-likeness (QED) is 0.935. The van der Waals surface area contributed by atoms with Gasteiger partial charge in [-0.25, -0.2) is 4.98 Å². The summed E-state index contributed by atoms with van der Waals surface area (Å²) in [5, 5.41) is 7.88. The fourth-order valence-corrected chi connectivity index (χ4v) is 3.02. The largest absolute Gasteiger partial charge is 0.339 e. The molecule has 118 valence electrons. The van der Waals surface area contributed by atoms with Crippen LogP contribution in [0.2, 0.25) is 0 Å². The molecule has 1 saturated heterocycles. The number of hydrogen-bond acceptors (Lipinski definition) is 5. The highest BCUT2D eigenvalue weighted by molar-refractivity contribution is 5.97. The van der Waals surface area contributed by atoms with Crippen LogP contribution in [0.3, 0.4) is 0 Å². The zero-order valence-corrected chi connectivity index (χ0v) is 13.1. The van der Waals surface area contributed by atoms with E-state index in [1.165, 1.54) is 6.42 Å². The van der Waals surface area contributed by atoms with Gasteiger partial charge in [0.2, 0.25) is 0 Å². The van der Waals surface area contributed by atoms with Crippen molar-refractivity contribution in [1.29, 1.82) is 0 Å². The van der Waals surface area contributed by atoms with E-state index in [1.54, 1.807) is 6.20 Å². The van der Waals surface area contributed by atoms with Crippen molar-refractivity contribution in [2.24, 2.45) is 5.92 Å². The van der Waals surface area contributed by atoms with E-state index in [-0.39, 0.29) is 5.91 Å². The zero-order valence-electron chi connectivity index (χ0n) is 13.1. The molecule has 0 spiro atoms. The molecule has 6 nitrogen and oxygen atoms in total. The number of rotatable bonds is 4. The molecule has 0 saturated carbocycles. The monoisotopic (exact) mass is 302 g/mol. The van der Waals surface area contributed by atoms with Gasteiger partial charge in [0, 0.05) is 19.3 Å². The first-order valence-corrected chi connectivity index (χ1v) is 7.85. The van der Waals surface area contributed by atoms with Gasteiger partial charge in [-0.1, -0.05) is 5.16 Å². The Labute approximate surface area is 129 Å². The third-order valence-corrected chi connectivity index (χ3v) is 4.46. The van der Waals surface area contributed by atoms with Gasteiger partial charge in [0.25, 0.3) is 11.6 Å². The van der Waals surface area contributed by atoms with Gasteiger partial charge in [0.05, 0.1) is 16.6 Å². The van der Waals surface area contributed by atoms with E-state index >= 15 is 0 Å². The van der Waals surface area contributed by atoms with Crippen LogP contribution < -0.4 is 5.32 Å². The lowest BCUT2D eigenvalue weighted by Crippen LogP contribution is -2.39. The van der Waals surface area contributed by atoms with Crippen LogP contribution in [0.5, 0.6) is 0 Å². The second kappa shape index (κ2) is 6.44. The highest BCUT2D eigenvalue weighted by atomic mass is 16.5. The number of pyridine rings is 1. The number of nitrogens with zero attached hydrogens (tertiary/aromatic N) is 3. The van der Waals surface area contributed by atoms with E-state index < -0.39 is 0 Å². The van der Waals surface area contributed by atoms with Crippen LogP contribution in [0.25, 0.3) is 11.1 Å². The lowest BCUT2D eigenvalue weighted by molar-refractivity contribution is 0.0687. The van der Waals surface area contributed by atoms with Gasteiger partial charge in [-0.3, -0.25) is 4.79 Å². The van der Waals surface area contributed by atoms with Crippen molar-refractivity contribution in [3.8, 4) is 0 Å². The molecular weight excluding hydrogens is 280 g/mol. The van der Waals surface area contributed by atoms with Gasteiger partial charge in [0.1, 0.15) is 0 Å². The molecule has 0 aromatic carbocycles. The summed E-state index contributed by atoms with van der Waals surface area (Å²) >= 11 is 0. The molecule has 1 N–H and O–H groups in total. The minimum Gasteiger partial charge on any atom is -0.339 e. The second-order valence-corrected chi connectivity index (χ2v) is 5.97. The van der Waals surface area contributed by atoms with E-state index in [9.17, 15) is 4.79 Å². The van der Waals surface area contributed by atoms with Crippen LogP contribution in [0.1, 0.15) is 35.3 Å². The summed E-state index contributed by atoms with van der Waals surface area (Å²) in [5.41, 5.74) is 1.87. The number of carbonyl (C=O) groups is 1. The van der Waals surface area contributed by atoms with Gasteiger partial charge in [-0.05, 0) is 51.8 Å². The van der Waals surface area contributed by atoms with E-state index in [2.05, 4.69) is 15.5 Å². The molecule has 0 aliphatic carbocycles. The van der Waals surface area contributed by atoms with Gasteiger partial charge in [-0.2, -0.15) is 0 Å². The molecular formula is C16H22N4O2. The van der Waals surface area contributed by atoms with E-state index in [1.807, 2.05) is 24.9 Å². The summed E-state index contributed by atoms with van der Waals surface area (Å²) in [6.07, 6.45) is 4.93. The molecule has 1 aliphatic heterocycles. The van der Waals surface area contributed by atoms with Crippen molar-refractivity contribution in [3.63, 3.8) is 0 Å². The molecule has 2 aromatic rings. The Morgan fingerprint density at radius 3 is 2.95 bits per heavy atom. The third kappa shape index (κ3) is 2.97. The second-order valence-electron chi connectivity index (χ2n) is 5.97. The molecule has 1 amide bonds. The summed E-state index contributed by atoms with van der Waals surface area (Å²) in [4.78, 5) is 18.7. The van der Waals surface area contributed by atoms with Crippen molar-refractivity contribution in [1.82, 2.24) is 20.4 Å². The van der Waals surface area contributed by atoms with E-state index in [0.717, 1.165) is 49.5 Å². The predicted octanol–water partition coefficient (Wildman–Crippen LogP) is 1.99. The molecule has 3 rings (SSSR count). The van der Waals surface area contributed by atoms with Gasteiger partial charge in [0.15, 0.2) is 0 Å². The SMILES string of the molecule is CNCCC1CCN(C(=O)c2cnc3onc(C)c3c2)CC1. The van der Waals surface area contributed by atoms with Crippen molar-refractivity contribution >= 4 is 17.0 Å². The average molecular weight is 302 g/mol. The molecule has 6 heteroatoms. The molecule has 22 heavy (non-hydrogen) atoms. The molecule has 3 heterocycles. The highest BCUT2D eigenvalue weighted by Gasteiger charge is 2.24. The molecule has 1 aliphatic rings. The normalized spacial score (nSPS) is 16.4. The number of aryl methyl sites for hydroxylation is 1. The number of aromatic nitrogens is 2. The summed E-state index contributed by atoms with van der Waals surface area (Å²) in [7, 11) is 1.98. The first-order chi connectivity index (χ1) is 10.7. The Hall–Kier alpha value is -1.95. The van der Waals surface area contributed by atoms with Crippen molar-refractivity contribution < 1.29 is 9.32 Å². The Morgan fingerprint density at radius 1 is 1.45 bits per heavy atom. The zero-order chi connectivity index (χ0) is 15.5. The van der Waals surface area contributed by atoms with Crippen LogP contribution in [0, 0.1) is 12.8 Å². The number of hydrogen-bond donors (Lipinski definition) is 1.